The Morgan fingerprint density at radius 2 is 2.50 bits per heavy atom. The van der Waals surface area contributed by atoms with E-state index < -0.39 is 0 Å². The summed E-state index contributed by atoms with van der Waals surface area (Å²) in [5.41, 5.74) is 0.395. The van der Waals surface area contributed by atoms with Crippen molar-refractivity contribution in [2.24, 2.45) is 0 Å². The third kappa shape index (κ3) is 1.59. The number of anilines is 1. The summed E-state index contributed by atoms with van der Waals surface area (Å²) in [6.45, 7) is 1.83. The van der Waals surface area contributed by atoms with Gasteiger partial charge in [0.2, 0.25) is 5.91 Å². The zero-order valence-electron chi connectivity index (χ0n) is 7.63. The van der Waals surface area contributed by atoms with Crippen LogP contribution in [0, 0.1) is 5.82 Å². The number of carbonyl (C=O) groups is 1. The lowest BCUT2D eigenvalue weighted by Crippen LogP contribution is -2.20. The molecule has 0 unspecified atom stereocenters. The Kier molecular flexibility index (Phi) is 2.41. The lowest BCUT2D eigenvalue weighted by atomic mass is 10.3. The number of halogens is 1. The number of aromatic nitrogens is 1. The van der Waals surface area contributed by atoms with Crippen molar-refractivity contribution in [2.45, 2.75) is 18.2 Å². The van der Waals surface area contributed by atoms with Gasteiger partial charge in [0.05, 0.1) is 16.3 Å². The fraction of sp³-hybridized carbons (Fsp3) is 0.333. The molecule has 2 heterocycles. The Labute approximate surface area is 85.1 Å². The van der Waals surface area contributed by atoms with E-state index >= 15 is 0 Å². The molecule has 74 valence electrons. The first-order chi connectivity index (χ1) is 6.70. The monoisotopic (exact) mass is 212 g/mol. The van der Waals surface area contributed by atoms with Gasteiger partial charge in [-0.2, -0.15) is 0 Å². The van der Waals surface area contributed by atoms with Gasteiger partial charge in [-0.05, 0) is 12.5 Å². The van der Waals surface area contributed by atoms with E-state index in [9.17, 15) is 9.18 Å². The third-order valence-electron chi connectivity index (χ3n) is 1.97. The number of nitrogens with zero attached hydrogens (tertiary/aromatic N) is 1. The number of aryl methyl sites for hydroxylation is 1. The predicted molar refractivity (Wildman–Crippen MR) is 52.9 cm³/mol. The standard InChI is InChI=1S/C9H9FN2OS/c1-2-6-5(10)3-7-9(11-6)12-8(13)4-14-7/h3H,2,4H2,1H3,(H,11,12,13). The number of carbonyl (C=O) groups excluding carboxylic acids is 1. The molecule has 5 heteroatoms. The van der Waals surface area contributed by atoms with Crippen LogP contribution in [-0.4, -0.2) is 16.6 Å². The van der Waals surface area contributed by atoms with Crippen molar-refractivity contribution in [1.29, 1.82) is 0 Å². The Morgan fingerprint density at radius 1 is 1.71 bits per heavy atom. The van der Waals surface area contributed by atoms with E-state index in [4.69, 9.17) is 0 Å². The van der Waals surface area contributed by atoms with Gasteiger partial charge in [0.1, 0.15) is 11.6 Å². The maximum atomic E-state index is 13.3. The molecule has 0 bridgehead atoms. The maximum Gasteiger partial charge on any atom is 0.235 e. The smallest absolute Gasteiger partial charge is 0.235 e. The quantitative estimate of drug-likeness (QED) is 0.772. The zero-order chi connectivity index (χ0) is 10.1. The first kappa shape index (κ1) is 9.45. The van der Waals surface area contributed by atoms with Crippen LogP contribution in [0.2, 0.25) is 0 Å². The van der Waals surface area contributed by atoms with Crippen LogP contribution < -0.4 is 5.32 Å². The van der Waals surface area contributed by atoms with E-state index in [-0.39, 0.29) is 11.7 Å². The molecule has 0 radical (unpaired) electrons. The van der Waals surface area contributed by atoms with Crippen LogP contribution in [0.15, 0.2) is 11.0 Å². The van der Waals surface area contributed by atoms with Gasteiger partial charge >= 0.3 is 0 Å². The summed E-state index contributed by atoms with van der Waals surface area (Å²) >= 11 is 1.32. The van der Waals surface area contributed by atoms with Gasteiger partial charge in [0.15, 0.2) is 0 Å². The fourth-order valence-corrected chi connectivity index (χ4v) is 2.05. The van der Waals surface area contributed by atoms with Crippen LogP contribution in [0.4, 0.5) is 10.2 Å². The molecule has 1 N–H and O–H groups in total. The summed E-state index contributed by atoms with van der Waals surface area (Å²) in [5.74, 6) is 0.447. The van der Waals surface area contributed by atoms with E-state index in [1.165, 1.54) is 17.8 Å². The average molecular weight is 212 g/mol. The van der Waals surface area contributed by atoms with Gasteiger partial charge in [0.25, 0.3) is 0 Å². The van der Waals surface area contributed by atoms with Gasteiger partial charge in [-0.25, -0.2) is 9.37 Å². The number of thioether (sulfide) groups is 1. The summed E-state index contributed by atoms with van der Waals surface area (Å²) in [6, 6.07) is 1.44. The van der Waals surface area contributed by atoms with Crippen LogP contribution in [0.25, 0.3) is 0 Å². The third-order valence-corrected chi connectivity index (χ3v) is 2.99. The molecule has 0 saturated heterocycles. The molecule has 0 fully saturated rings. The number of hydrogen-bond acceptors (Lipinski definition) is 3. The molecule has 1 aliphatic heterocycles. The molecule has 0 aliphatic carbocycles. The number of rotatable bonds is 1. The summed E-state index contributed by atoms with van der Waals surface area (Å²) in [6.07, 6.45) is 0.527. The Balaban J connectivity index is 2.46. The van der Waals surface area contributed by atoms with Gasteiger partial charge in [-0.3, -0.25) is 4.79 Å². The zero-order valence-corrected chi connectivity index (χ0v) is 8.45. The molecule has 1 aromatic rings. The first-order valence-corrected chi connectivity index (χ1v) is 5.31. The second kappa shape index (κ2) is 3.57. The summed E-state index contributed by atoms with van der Waals surface area (Å²) in [5, 5.41) is 2.62. The topological polar surface area (TPSA) is 42.0 Å². The second-order valence-electron chi connectivity index (χ2n) is 2.95. The SMILES string of the molecule is CCc1nc2c(cc1F)SCC(=O)N2. The molecule has 0 atom stereocenters. The highest BCUT2D eigenvalue weighted by Crippen LogP contribution is 2.30. The maximum absolute atomic E-state index is 13.3. The van der Waals surface area contributed by atoms with Crippen LogP contribution in [0.3, 0.4) is 0 Å². The van der Waals surface area contributed by atoms with Gasteiger partial charge in [-0.1, -0.05) is 6.92 Å². The Bertz CT molecular complexity index is 395. The number of nitrogens with one attached hydrogen (secondary N) is 1. The van der Waals surface area contributed by atoms with Crippen LogP contribution in [0.5, 0.6) is 0 Å². The van der Waals surface area contributed by atoms with Gasteiger partial charge in [-0.15, -0.1) is 11.8 Å². The van der Waals surface area contributed by atoms with E-state index in [0.29, 0.717) is 28.6 Å². The Morgan fingerprint density at radius 3 is 3.21 bits per heavy atom. The van der Waals surface area contributed by atoms with Crippen molar-refractivity contribution in [2.75, 3.05) is 11.1 Å². The van der Waals surface area contributed by atoms with Crippen molar-refractivity contribution < 1.29 is 9.18 Å². The highest BCUT2D eigenvalue weighted by molar-refractivity contribution is 8.00. The van der Waals surface area contributed by atoms with Crippen LogP contribution in [-0.2, 0) is 11.2 Å². The summed E-state index contributed by atoms with van der Waals surface area (Å²) in [7, 11) is 0. The van der Waals surface area contributed by atoms with Crippen molar-refractivity contribution in [1.82, 2.24) is 4.98 Å². The molecule has 14 heavy (non-hydrogen) atoms. The second-order valence-corrected chi connectivity index (χ2v) is 3.97. The number of amides is 1. The largest absolute Gasteiger partial charge is 0.309 e. The highest BCUT2D eigenvalue weighted by atomic mass is 32.2. The normalized spacial score (nSPS) is 14.9. The van der Waals surface area contributed by atoms with Crippen LogP contribution >= 0.6 is 11.8 Å². The number of fused-ring (bicyclic) bond motifs is 1. The van der Waals surface area contributed by atoms with E-state index in [2.05, 4.69) is 10.3 Å². The van der Waals surface area contributed by atoms with E-state index in [1.54, 1.807) is 0 Å². The molecule has 3 nitrogen and oxygen atoms in total. The molecule has 1 aromatic heterocycles. The lowest BCUT2D eigenvalue weighted by Gasteiger charge is -2.15. The molecule has 1 aliphatic rings. The lowest BCUT2D eigenvalue weighted by molar-refractivity contribution is -0.113. The molecule has 2 rings (SSSR count). The highest BCUT2D eigenvalue weighted by Gasteiger charge is 2.18. The Hall–Kier alpha value is -1.10. The minimum Gasteiger partial charge on any atom is -0.309 e. The molecule has 0 aromatic carbocycles. The predicted octanol–water partition coefficient (Wildman–Crippen LogP) is 1.83. The minimum atomic E-state index is -0.296. The van der Waals surface area contributed by atoms with Crippen molar-refractivity contribution in [3.05, 3.63) is 17.6 Å². The minimum absolute atomic E-state index is 0.0799. The van der Waals surface area contributed by atoms with Crippen molar-refractivity contribution >= 4 is 23.5 Å². The number of pyridine rings is 1. The van der Waals surface area contributed by atoms with Gasteiger partial charge < -0.3 is 5.32 Å². The van der Waals surface area contributed by atoms with E-state index in [0.717, 1.165) is 0 Å². The molecular weight excluding hydrogens is 203 g/mol. The molecule has 0 saturated carbocycles. The molecule has 0 spiro atoms. The number of hydrogen-bond donors (Lipinski definition) is 1. The average Bonchev–Trinajstić information content (AvgIpc) is 2.17. The fourth-order valence-electron chi connectivity index (χ4n) is 1.27. The van der Waals surface area contributed by atoms with Crippen molar-refractivity contribution in [3.8, 4) is 0 Å². The molecular formula is C9H9FN2OS. The van der Waals surface area contributed by atoms with E-state index in [1.807, 2.05) is 6.92 Å². The summed E-state index contributed by atoms with van der Waals surface area (Å²) in [4.78, 5) is 15.8. The summed E-state index contributed by atoms with van der Waals surface area (Å²) < 4.78 is 13.3. The van der Waals surface area contributed by atoms with Crippen molar-refractivity contribution in [3.63, 3.8) is 0 Å². The molecule has 1 amide bonds. The first-order valence-electron chi connectivity index (χ1n) is 4.32. The van der Waals surface area contributed by atoms with Crippen LogP contribution in [0.1, 0.15) is 12.6 Å². The van der Waals surface area contributed by atoms with Gasteiger partial charge in [0, 0.05) is 0 Å².